The highest BCUT2D eigenvalue weighted by Gasteiger charge is 2.07. The number of hydrogen-bond acceptors (Lipinski definition) is 3. The Morgan fingerprint density at radius 2 is 2.14 bits per heavy atom. The van der Waals surface area contributed by atoms with Gasteiger partial charge in [0.2, 0.25) is 5.82 Å². The van der Waals surface area contributed by atoms with Crippen molar-refractivity contribution >= 4 is 0 Å². The normalized spacial score (nSPS) is 10.7. The van der Waals surface area contributed by atoms with Crippen LogP contribution in [-0.2, 0) is 6.42 Å². The van der Waals surface area contributed by atoms with Gasteiger partial charge >= 0.3 is 0 Å². The summed E-state index contributed by atoms with van der Waals surface area (Å²) in [6.07, 6.45) is 2.12. The molecule has 0 fully saturated rings. The molecular weight excluding hydrogens is 178 g/mol. The van der Waals surface area contributed by atoms with Gasteiger partial charge in [0.15, 0.2) is 0 Å². The zero-order valence-corrected chi connectivity index (χ0v) is 8.33. The lowest BCUT2D eigenvalue weighted by Crippen LogP contribution is -1.80. The lowest BCUT2D eigenvalue weighted by atomic mass is 10.2. The third kappa shape index (κ3) is 1.66. The summed E-state index contributed by atoms with van der Waals surface area (Å²) in [5, 5.41) is 14.0. The lowest BCUT2D eigenvalue weighted by molar-refractivity contribution is 0.867. The van der Waals surface area contributed by atoms with Gasteiger partial charge in [-0.3, -0.25) is 10.2 Å². The van der Waals surface area contributed by atoms with Gasteiger partial charge in [0.1, 0.15) is 11.5 Å². The Morgan fingerprint density at radius 1 is 1.29 bits per heavy atom. The van der Waals surface area contributed by atoms with E-state index in [1.165, 1.54) is 0 Å². The first-order valence-electron chi connectivity index (χ1n) is 4.73. The van der Waals surface area contributed by atoms with Crippen LogP contribution in [0.3, 0.4) is 0 Å². The molecule has 0 aromatic carbocycles. The van der Waals surface area contributed by atoms with E-state index in [0.717, 1.165) is 30.1 Å². The number of aromatic nitrogens is 5. The van der Waals surface area contributed by atoms with Crippen molar-refractivity contribution in [3.05, 3.63) is 17.6 Å². The van der Waals surface area contributed by atoms with Gasteiger partial charge in [-0.15, -0.1) is 0 Å². The van der Waals surface area contributed by atoms with Gasteiger partial charge < -0.3 is 0 Å². The summed E-state index contributed by atoms with van der Waals surface area (Å²) in [5.41, 5.74) is 1.93. The molecule has 0 bridgehead atoms. The first-order chi connectivity index (χ1) is 6.79. The molecule has 0 amide bonds. The Labute approximate surface area is 82.0 Å². The molecule has 5 nitrogen and oxygen atoms in total. The largest absolute Gasteiger partial charge is 0.282 e. The molecule has 5 heteroatoms. The minimum absolute atomic E-state index is 0.654. The van der Waals surface area contributed by atoms with Crippen LogP contribution in [0.15, 0.2) is 6.07 Å². The van der Waals surface area contributed by atoms with E-state index in [0.29, 0.717) is 5.82 Å². The van der Waals surface area contributed by atoms with Crippen LogP contribution in [-0.4, -0.2) is 25.4 Å². The van der Waals surface area contributed by atoms with Crippen molar-refractivity contribution in [1.29, 1.82) is 0 Å². The molecule has 0 aliphatic rings. The van der Waals surface area contributed by atoms with E-state index < -0.39 is 0 Å². The average molecular weight is 191 g/mol. The fourth-order valence-electron chi connectivity index (χ4n) is 1.33. The maximum Gasteiger partial charge on any atom is 0.201 e. The number of aryl methyl sites for hydroxylation is 2. The maximum atomic E-state index is 4.21. The molecule has 0 spiro atoms. The Kier molecular flexibility index (Phi) is 2.30. The smallest absolute Gasteiger partial charge is 0.201 e. The van der Waals surface area contributed by atoms with E-state index in [2.05, 4.69) is 32.3 Å². The average Bonchev–Trinajstić information content (AvgIpc) is 2.74. The Morgan fingerprint density at radius 3 is 2.79 bits per heavy atom. The fraction of sp³-hybridized carbons (Fsp3) is 0.444. The lowest BCUT2D eigenvalue weighted by Gasteiger charge is -1.86. The second-order valence-corrected chi connectivity index (χ2v) is 3.27. The molecular formula is C9H13N5. The van der Waals surface area contributed by atoms with Gasteiger partial charge in [-0.25, -0.2) is 4.98 Å². The van der Waals surface area contributed by atoms with E-state index in [1.807, 2.05) is 13.0 Å². The standard InChI is InChI=1S/C9H13N5/c1-3-4-7-5-8(13-12-7)9-10-6(2)11-14-9/h5H,3-4H2,1-2H3,(H,12,13)(H,10,11,14). The van der Waals surface area contributed by atoms with Gasteiger partial charge in [-0.2, -0.15) is 10.2 Å². The van der Waals surface area contributed by atoms with Gasteiger partial charge in [-0.1, -0.05) is 13.3 Å². The predicted molar refractivity (Wildman–Crippen MR) is 52.7 cm³/mol. The summed E-state index contributed by atoms with van der Waals surface area (Å²) in [4.78, 5) is 4.21. The molecule has 0 aliphatic carbocycles. The first-order valence-corrected chi connectivity index (χ1v) is 4.73. The summed E-state index contributed by atoms with van der Waals surface area (Å²) in [5.74, 6) is 1.46. The van der Waals surface area contributed by atoms with Crippen LogP contribution >= 0.6 is 0 Å². The Balaban J connectivity index is 2.24. The number of aromatic amines is 2. The van der Waals surface area contributed by atoms with E-state index in [4.69, 9.17) is 0 Å². The molecule has 14 heavy (non-hydrogen) atoms. The van der Waals surface area contributed by atoms with E-state index in [1.54, 1.807) is 0 Å². The van der Waals surface area contributed by atoms with Crippen LogP contribution < -0.4 is 0 Å². The predicted octanol–water partition coefficient (Wildman–Crippen LogP) is 1.46. The van der Waals surface area contributed by atoms with Gasteiger partial charge in [0, 0.05) is 5.69 Å². The second kappa shape index (κ2) is 3.61. The third-order valence-electron chi connectivity index (χ3n) is 1.98. The van der Waals surface area contributed by atoms with E-state index >= 15 is 0 Å². The van der Waals surface area contributed by atoms with Crippen LogP contribution in [0.5, 0.6) is 0 Å². The van der Waals surface area contributed by atoms with Crippen molar-refractivity contribution in [1.82, 2.24) is 25.4 Å². The highest BCUT2D eigenvalue weighted by Crippen LogP contribution is 2.13. The molecule has 2 rings (SSSR count). The summed E-state index contributed by atoms with van der Waals surface area (Å²) >= 11 is 0. The third-order valence-corrected chi connectivity index (χ3v) is 1.98. The first kappa shape index (κ1) is 8.93. The number of H-pyrrole nitrogens is 2. The zero-order valence-electron chi connectivity index (χ0n) is 8.33. The van der Waals surface area contributed by atoms with Crippen LogP contribution in [0.1, 0.15) is 24.9 Å². The quantitative estimate of drug-likeness (QED) is 0.771. The highest BCUT2D eigenvalue weighted by atomic mass is 15.2. The topological polar surface area (TPSA) is 70.2 Å². The molecule has 0 radical (unpaired) electrons. The number of rotatable bonds is 3. The van der Waals surface area contributed by atoms with Gasteiger partial charge in [0.25, 0.3) is 0 Å². The van der Waals surface area contributed by atoms with Crippen LogP contribution in [0.2, 0.25) is 0 Å². The molecule has 0 saturated heterocycles. The van der Waals surface area contributed by atoms with Gasteiger partial charge in [0.05, 0.1) is 0 Å². The molecule has 2 N–H and O–H groups in total. The van der Waals surface area contributed by atoms with Crippen molar-refractivity contribution < 1.29 is 0 Å². The molecule has 2 aromatic rings. The summed E-state index contributed by atoms with van der Waals surface area (Å²) in [6, 6.07) is 1.99. The maximum absolute atomic E-state index is 4.21. The number of nitrogens with zero attached hydrogens (tertiary/aromatic N) is 3. The van der Waals surface area contributed by atoms with Crippen molar-refractivity contribution in [3.8, 4) is 11.5 Å². The molecule has 0 aliphatic heterocycles. The Bertz CT molecular complexity index is 414. The summed E-state index contributed by atoms with van der Waals surface area (Å²) in [6.45, 7) is 4.01. The summed E-state index contributed by atoms with van der Waals surface area (Å²) in [7, 11) is 0. The van der Waals surface area contributed by atoms with Crippen LogP contribution in [0.25, 0.3) is 11.5 Å². The highest BCUT2D eigenvalue weighted by molar-refractivity contribution is 5.48. The molecule has 0 unspecified atom stereocenters. The van der Waals surface area contributed by atoms with Crippen molar-refractivity contribution in [2.24, 2.45) is 0 Å². The number of nitrogens with one attached hydrogen (secondary N) is 2. The molecule has 2 heterocycles. The zero-order chi connectivity index (χ0) is 9.97. The minimum Gasteiger partial charge on any atom is -0.282 e. The number of hydrogen-bond donors (Lipinski definition) is 2. The van der Waals surface area contributed by atoms with Crippen LogP contribution in [0, 0.1) is 6.92 Å². The Hall–Kier alpha value is -1.65. The van der Waals surface area contributed by atoms with Gasteiger partial charge in [-0.05, 0) is 19.4 Å². The van der Waals surface area contributed by atoms with Crippen molar-refractivity contribution in [2.45, 2.75) is 26.7 Å². The van der Waals surface area contributed by atoms with Crippen LogP contribution in [0.4, 0.5) is 0 Å². The van der Waals surface area contributed by atoms with Crippen molar-refractivity contribution in [2.75, 3.05) is 0 Å². The molecule has 2 aromatic heterocycles. The van der Waals surface area contributed by atoms with Crippen molar-refractivity contribution in [3.63, 3.8) is 0 Å². The molecule has 0 atom stereocenters. The summed E-state index contributed by atoms with van der Waals surface area (Å²) < 4.78 is 0. The molecule has 0 saturated carbocycles. The van der Waals surface area contributed by atoms with E-state index in [-0.39, 0.29) is 0 Å². The fourth-order valence-corrected chi connectivity index (χ4v) is 1.33. The monoisotopic (exact) mass is 191 g/mol. The van der Waals surface area contributed by atoms with E-state index in [9.17, 15) is 0 Å². The molecule has 74 valence electrons. The SMILES string of the molecule is CCCc1cc(-c2n[nH]c(C)n2)n[nH]1. The second-order valence-electron chi connectivity index (χ2n) is 3.27. The minimum atomic E-state index is 0.654.